The van der Waals surface area contributed by atoms with Crippen molar-refractivity contribution in [1.29, 1.82) is 0 Å². The number of benzene rings is 1. The SMILES string of the molecule is COc1cc(C)ccc1C(Cc1cnn(C)c1)NN. The summed E-state index contributed by atoms with van der Waals surface area (Å²) < 4.78 is 7.22. The molecule has 3 N–H and O–H groups in total. The number of methoxy groups -OCH3 is 1. The van der Waals surface area contributed by atoms with Crippen LogP contribution in [0.25, 0.3) is 0 Å². The van der Waals surface area contributed by atoms with Gasteiger partial charge in [0.15, 0.2) is 0 Å². The van der Waals surface area contributed by atoms with Gasteiger partial charge in [-0.3, -0.25) is 16.0 Å². The van der Waals surface area contributed by atoms with Crippen LogP contribution in [0.3, 0.4) is 0 Å². The molecule has 0 saturated carbocycles. The molecule has 0 bridgehead atoms. The zero-order valence-electron chi connectivity index (χ0n) is 11.6. The first kappa shape index (κ1) is 13.6. The van der Waals surface area contributed by atoms with Crippen molar-refractivity contribution in [2.24, 2.45) is 12.9 Å². The van der Waals surface area contributed by atoms with E-state index in [0.29, 0.717) is 0 Å². The van der Waals surface area contributed by atoms with E-state index in [1.807, 2.05) is 32.4 Å². The fraction of sp³-hybridized carbons (Fsp3) is 0.357. The molecule has 0 radical (unpaired) electrons. The highest BCUT2D eigenvalue weighted by molar-refractivity contribution is 5.39. The molecule has 5 heteroatoms. The molecule has 0 aliphatic heterocycles. The molecule has 0 saturated heterocycles. The lowest BCUT2D eigenvalue weighted by Gasteiger charge is -2.19. The number of aromatic nitrogens is 2. The van der Waals surface area contributed by atoms with E-state index in [4.69, 9.17) is 10.6 Å². The first-order chi connectivity index (χ1) is 9.13. The molecule has 1 atom stereocenters. The van der Waals surface area contributed by atoms with Crippen molar-refractivity contribution in [3.63, 3.8) is 0 Å². The quantitative estimate of drug-likeness (QED) is 0.631. The Kier molecular flexibility index (Phi) is 4.19. The van der Waals surface area contributed by atoms with Gasteiger partial charge in [0.05, 0.1) is 19.3 Å². The number of rotatable bonds is 5. The Hall–Kier alpha value is -1.85. The van der Waals surface area contributed by atoms with E-state index in [1.54, 1.807) is 11.8 Å². The van der Waals surface area contributed by atoms with E-state index in [1.165, 1.54) is 0 Å². The van der Waals surface area contributed by atoms with Gasteiger partial charge in [0, 0.05) is 18.8 Å². The molecule has 0 aliphatic rings. The molecule has 102 valence electrons. The molecule has 0 amide bonds. The lowest BCUT2D eigenvalue weighted by molar-refractivity contribution is 0.398. The minimum Gasteiger partial charge on any atom is -0.496 e. The van der Waals surface area contributed by atoms with Crippen molar-refractivity contribution < 1.29 is 4.74 Å². The largest absolute Gasteiger partial charge is 0.496 e. The van der Waals surface area contributed by atoms with E-state index in [0.717, 1.165) is 28.9 Å². The molecule has 5 nitrogen and oxygen atoms in total. The van der Waals surface area contributed by atoms with Crippen molar-refractivity contribution in [2.75, 3.05) is 7.11 Å². The topological polar surface area (TPSA) is 65.1 Å². The molecular formula is C14H20N4O. The van der Waals surface area contributed by atoms with Gasteiger partial charge in [-0.15, -0.1) is 0 Å². The molecule has 1 heterocycles. The van der Waals surface area contributed by atoms with Crippen molar-refractivity contribution in [2.45, 2.75) is 19.4 Å². The average Bonchev–Trinajstić information content (AvgIpc) is 2.81. The summed E-state index contributed by atoms with van der Waals surface area (Å²) in [5.74, 6) is 6.54. The number of hydrazine groups is 1. The molecule has 0 fully saturated rings. The van der Waals surface area contributed by atoms with E-state index < -0.39 is 0 Å². The van der Waals surface area contributed by atoms with Crippen LogP contribution in [0.1, 0.15) is 22.7 Å². The number of nitrogens with two attached hydrogens (primary N) is 1. The normalized spacial score (nSPS) is 12.4. The second-order valence-electron chi connectivity index (χ2n) is 4.69. The van der Waals surface area contributed by atoms with Gasteiger partial charge in [-0.2, -0.15) is 5.10 Å². The molecule has 1 aromatic heterocycles. The van der Waals surface area contributed by atoms with Gasteiger partial charge in [-0.25, -0.2) is 0 Å². The Morgan fingerprint density at radius 1 is 1.47 bits per heavy atom. The minimum atomic E-state index is -0.000231. The lowest BCUT2D eigenvalue weighted by Crippen LogP contribution is -2.29. The number of nitrogens with zero attached hydrogens (tertiary/aromatic N) is 2. The summed E-state index contributed by atoms with van der Waals surface area (Å²) in [6.07, 6.45) is 4.61. The predicted molar refractivity (Wildman–Crippen MR) is 74.7 cm³/mol. The summed E-state index contributed by atoms with van der Waals surface area (Å²) in [4.78, 5) is 0. The van der Waals surface area contributed by atoms with Crippen LogP contribution in [0, 0.1) is 6.92 Å². The van der Waals surface area contributed by atoms with Crippen LogP contribution < -0.4 is 16.0 Å². The Balaban J connectivity index is 2.26. The number of nitrogens with one attached hydrogen (secondary N) is 1. The fourth-order valence-electron chi connectivity index (χ4n) is 2.18. The van der Waals surface area contributed by atoms with Crippen LogP contribution >= 0.6 is 0 Å². The molecule has 2 aromatic rings. The molecular weight excluding hydrogens is 240 g/mol. The number of hydrogen-bond acceptors (Lipinski definition) is 4. The Labute approximate surface area is 113 Å². The number of aryl methyl sites for hydroxylation is 2. The van der Waals surface area contributed by atoms with Crippen molar-refractivity contribution in [1.82, 2.24) is 15.2 Å². The van der Waals surface area contributed by atoms with E-state index >= 15 is 0 Å². The smallest absolute Gasteiger partial charge is 0.123 e. The van der Waals surface area contributed by atoms with E-state index in [2.05, 4.69) is 22.7 Å². The summed E-state index contributed by atoms with van der Waals surface area (Å²) in [7, 11) is 3.58. The van der Waals surface area contributed by atoms with Crippen molar-refractivity contribution >= 4 is 0 Å². The summed E-state index contributed by atoms with van der Waals surface area (Å²) >= 11 is 0. The van der Waals surface area contributed by atoms with E-state index in [9.17, 15) is 0 Å². The van der Waals surface area contributed by atoms with Crippen LogP contribution in [-0.4, -0.2) is 16.9 Å². The molecule has 0 aliphatic carbocycles. The highest BCUT2D eigenvalue weighted by Crippen LogP contribution is 2.28. The Morgan fingerprint density at radius 2 is 2.26 bits per heavy atom. The maximum Gasteiger partial charge on any atom is 0.123 e. The van der Waals surface area contributed by atoms with Gasteiger partial charge < -0.3 is 4.74 Å². The van der Waals surface area contributed by atoms with Crippen LogP contribution in [0.2, 0.25) is 0 Å². The van der Waals surface area contributed by atoms with Crippen LogP contribution in [0.15, 0.2) is 30.6 Å². The van der Waals surface area contributed by atoms with Crippen molar-refractivity contribution in [3.8, 4) is 5.75 Å². The third kappa shape index (κ3) is 3.13. The Morgan fingerprint density at radius 3 is 2.84 bits per heavy atom. The maximum absolute atomic E-state index is 5.69. The van der Waals surface area contributed by atoms with Crippen LogP contribution in [0.4, 0.5) is 0 Å². The Bertz CT molecular complexity index is 550. The average molecular weight is 260 g/mol. The molecule has 19 heavy (non-hydrogen) atoms. The lowest BCUT2D eigenvalue weighted by atomic mass is 9.99. The predicted octanol–water partition coefficient (Wildman–Crippen LogP) is 1.48. The zero-order valence-corrected chi connectivity index (χ0v) is 11.6. The van der Waals surface area contributed by atoms with Gasteiger partial charge in [-0.05, 0) is 30.5 Å². The summed E-state index contributed by atoms with van der Waals surface area (Å²) in [5, 5.41) is 4.17. The summed E-state index contributed by atoms with van der Waals surface area (Å²) in [6, 6.07) is 6.13. The number of hydrogen-bond donors (Lipinski definition) is 2. The minimum absolute atomic E-state index is 0.000231. The third-order valence-electron chi connectivity index (χ3n) is 3.16. The van der Waals surface area contributed by atoms with Crippen LogP contribution in [0.5, 0.6) is 5.75 Å². The number of ether oxygens (including phenoxy) is 1. The summed E-state index contributed by atoms with van der Waals surface area (Å²) in [6.45, 7) is 2.04. The fourth-order valence-corrected chi connectivity index (χ4v) is 2.18. The van der Waals surface area contributed by atoms with Gasteiger partial charge in [0.2, 0.25) is 0 Å². The zero-order chi connectivity index (χ0) is 13.8. The van der Waals surface area contributed by atoms with Gasteiger partial charge in [0.25, 0.3) is 0 Å². The van der Waals surface area contributed by atoms with Gasteiger partial charge in [0.1, 0.15) is 5.75 Å². The van der Waals surface area contributed by atoms with Gasteiger partial charge in [-0.1, -0.05) is 12.1 Å². The van der Waals surface area contributed by atoms with Gasteiger partial charge >= 0.3 is 0 Å². The first-order valence-corrected chi connectivity index (χ1v) is 6.22. The highest BCUT2D eigenvalue weighted by atomic mass is 16.5. The first-order valence-electron chi connectivity index (χ1n) is 6.22. The second-order valence-corrected chi connectivity index (χ2v) is 4.69. The van der Waals surface area contributed by atoms with Crippen LogP contribution in [-0.2, 0) is 13.5 Å². The summed E-state index contributed by atoms with van der Waals surface area (Å²) in [5.41, 5.74) is 6.21. The molecule has 1 aromatic carbocycles. The highest BCUT2D eigenvalue weighted by Gasteiger charge is 2.16. The monoisotopic (exact) mass is 260 g/mol. The van der Waals surface area contributed by atoms with E-state index in [-0.39, 0.29) is 6.04 Å². The molecule has 0 spiro atoms. The second kappa shape index (κ2) is 5.86. The molecule has 2 rings (SSSR count). The molecule has 1 unspecified atom stereocenters. The third-order valence-corrected chi connectivity index (χ3v) is 3.16. The maximum atomic E-state index is 5.69. The van der Waals surface area contributed by atoms with Crippen molar-refractivity contribution in [3.05, 3.63) is 47.3 Å². The standard InChI is InChI=1S/C14H20N4O/c1-10-4-5-12(14(6-10)19-3)13(17-15)7-11-8-16-18(2)9-11/h4-6,8-9,13,17H,7,15H2,1-3H3.